The normalized spacial score (nSPS) is 9.76. The van der Waals surface area contributed by atoms with Crippen molar-refractivity contribution >= 4 is 33.9 Å². The average Bonchev–Trinajstić information content (AvgIpc) is 2.30. The fourth-order valence-electron chi connectivity index (χ4n) is 1.32. The summed E-state index contributed by atoms with van der Waals surface area (Å²) < 4.78 is 4.83. The molecular formula is C10H8BrNO5. The number of halogens is 1. The molecule has 0 atom stereocenters. The summed E-state index contributed by atoms with van der Waals surface area (Å²) in [4.78, 5) is 32.2. The van der Waals surface area contributed by atoms with Gasteiger partial charge in [0, 0.05) is 16.1 Å². The molecule has 0 aromatic heterocycles. The van der Waals surface area contributed by atoms with Gasteiger partial charge >= 0.3 is 5.97 Å². The topological polar surface area (TPSA) is 86.5 Å². The molecular weight excluding hydrogens is 294 g/mol. The van der Waals surface area contributed by atoms with E-state index in [1.54, 1.807) is 0 Å². The highest BCUT2D eigenvalue weighted by Crippen LogP contribution is 2.27. The van der Waals surface area contributed by atoms with Crippen LogP contribution in [-0.4, -0.2) is 24.3 Å². The zero-order chi connectivity index (χ0) is 13.0. The van der Waals surface area contributed by atoms with Gasteiger partial charge in [0.05, 0.1) is 24.0 Å². The Hall–Kier alpha value is -1.76. The van der Waals surface area contributed by atoms with Crippen LogP contribution in [0.1, 0.15) is 15.9 Å². The third-order valence-electron chi connectivity index (χ3n) is 2.10. The van der Waals surface area contributed by atoms with Crippen molar-refractivity contribution in [2.45, 2.75) is 6.42 Å². The maximum Gasteiger partial charge on any atom is 0.310 e. The van der Waals surface area contributed by atoms with Crippen molar-refractivity contribution in [3.05, 3.63) is 37.8 Å². The van der Waals surface area contributed by atoms with Gasteiger partial charge in [0.25, 0.3) is 5.69 Å². The number of nitro groups is 1. The first-order valence-corrected chi connectivity index (χ1v) is 5.27. The summed E-state index contributed by atoms with van der Waals surface area (Å²) in [5.41, 5.74) is -0.136. The van der Waals surface area contributed by atoms with Gasteiger partial charge in [-0.3, -0.25) is 19.7 Å². The molecule has 0 unspecified atom stereocenters. The molecule has 0 aliphatic carbocycles. The minimum Gasteiger partial charge on any atom is -0.469 e. The van der Waals surface area contributed by atoms with Crippen molar-refractivity contribution in [3.63, 3.8) is 0 Å². The Morgan fingerprint density at radius 2 is 2.24 bits per heavy atom. The summed E-state index contributed by atoms with van der Waals surface area (Å²) >= 11 is 3.06. The lowest BCUT2D eigenvalue weighted by atomic mass is 10.0. The first-order valence-electron chi connectivity index (χ1n) is 4.48. The molecule has 6 nitrogen and oxygen atoms in total. The number of carbonyl (C=O) groups excluding carboxylic acids is 2. The van der Waals surface area contributed by atoms with Gasteiger partial charge in [-0.25, -0.2) is 0 Å². The molecule has 1 rings (SSSR count). The SMILES string of the molecule is COC(=O)Cc1c(C=O)cc(Br)cc1[N+](=O)[O-]. The zero-order valence-electron chi connectivity index (χ0n) is 8.81. The molecule has 0 radical (unpaired) electrons. The van der Waals surface area contributed by atoms with Crippen LogP contribution >= 0.6 is 15.9 Å². The van der Waals surface area contributed by atoms with Crippen LogP contribution in [0, 0.1) is 10.1 Å². The van der Waals surface area contributed by atoms with Crippen LogP contribution in [0.2, 0.25) is 0 Å². The Balaban J connectivity index is 3.36. The van der Waals surface area contributed by atoms with Crippen LogP contribution in [0.3, 0.4) is 0 Å². The molecule has 17 heavy (non-hydrogen) atoms. The lowest BCUT2D eigenvalue weighted by molar-refractivity contribution is -0.385. The number of carbonyl (C=O) groups is 2. The van der Waals surface area contributed by atoms with E-state index in [0.717, 1.165) is 0 Å². The lowest BCUT2D eigenvalue weighted by Crippen LogP contribution is -2.09. The largest absolute Gasteiger partial charge is 0.469 e. The molecule has 0 aliphatic rings. The highest BCUT2D eigenvalue weighted by molar-refractivity contribution is 9.10. The third-order valence-corrected chi connectivity index (χ3v) is 2.56. The van der Waals surface area contributed by atoms with E-state index in [1.165, 1.54) is 19.2 Å². The van der Waals surface area contributed by atoms with Gasteiger partial charge in [0.1, 0.15) is 0 Å². The molecule has 0 saturated heterocycles. The second-order valence-electron chi connectivity index (χ2n) is 3.12. The van der Waals surface area contributed by atoms with Crippen molar-refractivity contribution in [2.24, 2.45) is 0 Å². The molecule has 1 aromatic rings. The van der Waals surface area contributed by atoms with Crippen molar-refractivity contribution < 1.29 is 19.2 Å². The Bertz CT molecular complexity index is 486. The van der Waals surface area contributed by atoms with E-state index in [-0.39, 0.29) is 23.2 Å². The van der Waals surface area contributed by atoms with Crippen molar-refractivity contribution in [3.8, 4) is 0 Å². The number of esters is 1. The summed E-state index contributed by atoms with van der Waals surface area (Å²) in [7, 11) is 1.17. The van der Waals surface area contributed by atoms with Gasteiger partial charge in [-0.2, -0.15) is 0 Å². The predicted octanol–water partition coefficient (Wildman–Crippen LogP) is 1.89. The van der Waals surface area contributed by atoms with E-state index in [1.807, 2.05) is 0 Å². The minimum atomic E-state index is -0.643. The fraction of sp³-hybridized carbons (Fsp3) is 0.200. The summed E-state index contributed by atoms with van der Waals surface area (Å²) in [6, 6.07) is 2.66. The Labute approximate surface area is 105 Å². The summed E-state index contributed by atoms with van der Waals surface area (Å²) in [6.07, 6.45) is 0.157. The molecule has 0 bridgehead atoms. The van der Waals surface area contributed by atoms with E-state index >= 15 is 0 Å². The number of nitrogens with zero attached hydrogens (tertiary/aromatic N) is 1. The molecule has 7 heteroatoms. The van der Waals surface area contributed by atoms with Gasteiger partial charge in [-0.1, -0.05) is 15.9 Å². The average molecular weight is 302 g/mol. The van der Waals surface area contributed by atoms with Crippen LogP contribution in [0.5, 0.6) is 0 Å². The number of nitro benzene ring substituents is 1. The number of hydrogen-bond acceptors (Lipinski definition) is 5. The summed E-state index contributed by atoms with van der Waals surface area (Å²) in [5, 5.41) is 10.8. The van der Waals surface area contributed by atoms with Crippen molar-refractivity contribution in [1.29, 1.82) is 0 Å². The van der Waals surface area contributed by atoms with E-state index < -0.39 is 10.9 Å². The quantitative estimate of drug-likeness (QED) is 0.367. The zero-order valence-corrected chi connectivity index (χ0v) is 10.4. The Kier molecular flexibility index (Phi) is 4.33. The molecule has 90 valence electrons. The lowest BCUT2D eigenvalue weighted by Gasteiger charge is -2.05. The van der Waals surface area contributed by atoms with Gasteiger partial charge in [-0.15, -0.1) is 0 Å². The van der Waals surface area contributed by atoms with E-state index in [9.17, 15) is 19.7 Å². The predicted molar refractivity (Wildman–Crippen MR) is 61.9 cm³/mol. The number of ether oxygens (including phenoxy) is 1. The van der Waals surface area contributed by atoms with Crippen LogP contribution in [0.4, 0.5) is 5.69 Å². The highest BCUT2D eigenvalue weighted by Gasteiger charge is 2.21. The van der Waals surface area contributed by atoms with Gasteiger partial charge in [-0.05, 0) is 6.07 Å². The third kappa shape index (κ3) is 3.10. The second kappa shape index (κ2) is 5.53. The number of hydrogen-bond donors (Lipinski definition) is 0. The first kappa shape index (κ1) is 13.3. The van der Waals surface area contributed by atoms with Crippen LogP contribution in [0.15, 0.2) is 16.6 Å². The highest BCUT2D eigenvalue weighted by atomic mass is 79.9. The minimum absolute atomic E-state index is 0.0556. The molecule has 0 saturated carbocycles. The first-order chi connectivity index (χ1) is 7.99. The number of benzene rings is 1. The van der Waals surface area contributed by atoms with E-state index in [4.69, 9.17) is 0 Å². The molecule has 0 heterocycles. The smallest absolute Gasteiger partial charge is 0.310 e. The monoisotopic (exact) mass is 301 g/mol. The molecule has 0 N–H and O–H groups in total. The maximum atomic E-state index is 11.1. The van der Waals surface area contributed by atoms with E-state index in [2.05, 4.69) is 20.7 Å². The fourth-order valence-corrected chi connectivity index (χ4v) is 1.78. The Morgan fingerprint density at radius 3 is 2.71 bits per heavy atom. The van der Waals surface area contributed by atoms with Gasteiger partial charge < -0.3 is 4.74 Å². The number of aldehydes is 1. The summed E-state index contributed by atoms with van der Waals surface area (Å²) in [6.45, 7) is 0. The van der Waals surface area contributed by atoms with E-state index in [0.29, 0.717) is 10.8 Å². The standard InChI is InChI=1S/C10H8BrNO5/c1-17-10(14)4-8-6(5-13)2-7(11)3-9(8)12(15)16/h2-3,5H,4H2,1H3. The van der Waals surface area contributed by atoms with Gasteiger partial charge in [0.15, 0.2) is 6.29 Å². The molecule has 0 aliphatic heterocycles. The molecule has 1 aromatic carbocycles. The van der Waals surface area contributed by atoms with Crippen LogP contribution < -0.4 is 0 Å². The van der Waals surface area contributed by atoms with Crippen molar-refractivity contribution in [1.82, 2.24) is 0 Å². The van der Waals surface area contributed by atoms with Crippen molar-refractivity contribution in [2.75, 3.05) is 7.11 Å². The maximum absolute atomic E-state index is 11.1. The molecule has 0 fully saturated rings. The molecule has 0 amide bonds. The Morgan fingerprint density at radius 1 is 1.59 bits per heavy atom. The second-order valence-corrected chi connectivity index (χ2v) is 4.04. The van der Waals surface area contributed by atoms with Gasteiger partial charge in [0.2, 0.25) is 0 Å². The number of methoxy groups -OCH3 is 1. The number of rotatable bonds is 4. The summed E-state index contributed by atoms with van der Waals surface area (Å²) in [5.74, 6) is -0.640. The van der Waals surface area contributed by atoms with Crippen LogP contribution in [0.25, 0.3) is 0 Å². The van der Waals surface area contributed by atoms with Crippen LogP contribution in [-0.2, 0) is 16.0 Å². The molecule has 0 spiro atoms.